The maximum atomic E-state index is 12.1. The maximum Gasteiger partial charge on any atom is 0.260 e. The number of benzene rings is 2. The molecule has 0 atom stereocenters. The third-order valence-corrected chi connectivity index (χ3v) is 3.45. The lowest BCUT2D eigenvalue weighted by Gasteiger charge is -2.06. The van der Waals surface area contributed by atoms with Gasteiger partial charge in [-0.2, -0.15) is 5.10 Å². The molecule has 24 heavy (non-hydrogen) atoms. The quantitative estimate of drug-likeness (QED) is 0.560. The molecule has 2 aromatic carbocycles. The molecule has 1 N–H and O–H groups in total. The molecular formula is C18H18N4O2. The molecule has 1 amide bonds. The van der Waals surface area contributed by atoms with Crippen LogP contribution >= 0.6 is 0 Å². The van der Waals surface area contributed by atoms with E-state index in [4.69, 9.17) is 4.74 Å². The van der Waals surface area contributed by atoms with E-state index < -0.39 is 0 Å². The third-order valence-electron chi connectivity index (χ3n) is 3.45. The van der Waals surface area contributed by atoms with E-state index >= 15 is 0 Å². The van der Waals surface area contributed by atoms with Gasteiger partial charge < -0.3 is 9.30 Å². The average Bonchev–Trinajstić information content (AvgIpc) is 3.00. The number of para-hydroxylation sites is 3. The Morgan fingerprint density at radius 2 is 2.04 bits per heavy atom. The van der Waals surface area contributed by atoms with Gasteiger partial charge in [0.1, 0.15) is 12.3 Å². The molecule has 0 bridgehead atoms. The zero-order valence-electron chi connectivity index (χ0n) is 13.3. The Bertz CT molecular complexity index is 870. The first-order valence-corrected chi connectivity index (χ1v) is 7.71. The molecule has 0 saturated carbocycles. The van der Waals surface area contributed by atoms with Crippen LogP contribution in [0.15, 0.2) is 60.0 Å². The number of nitrogens with zero attached hydrogens (tertiary/aromatic N) is 3. The van der Waals surface area contributed by atoms with E-state index in [0.717, 1.165) is 22.3 Å². The van der Waals surface area contributed by atoms with Crippen LogP contribution in [0.25, 0.3) is 11.0 Å². The van der Waals surface area contributed by atoms with Crippen molar-refractivity contribution in [3.8, 4) is 5.75 Å². The van der Waals surface area contributed by atoms with Gasteiger partial charge in [-0.25, -0.2) is 10.4 Å². The van der Waals surface area contributed by atoms with E-state index in [1.54, 1.807) is 17.1 Å². The standard InChI is InChI=1S/C18H18N4O2/c1-2-24-17-10-6-3-7-14(17)11-20-21-18(23)12-22-13-19-15-8-4-5-9-16(15)22/h3-11,13H,2,12H2,1H3,(H,21,23)/b20-11+. The molecule has 0 spiro atoms. The summed E-state index contributed by atoms with van der Waals surface area (Å²) < 4.78 is 7.30. The van der Waals surface area contributed by atoms with Gasteiger partial charge in [-0.3, -0.25) is 4.79 Å². The van der Waals surface area contributed by atoms with Gasteiger partial charge in [0.15, 0.2) is 0 Å². The number of fused-ring (bicyclic) bond motifs is 1. The number of hydrogen-bond acceptors (Lipinski definition) is 4. The van der Waals surface area contributed by atoms with E-state index in [2.05, 4.69) is 15.5 Å². The molecule has 0 saturated heterocycles. The summed E-state index contributed by atoms with van der Waals surface area (Å²) in [6.45, 7) is 2.65. The van der Waals surface area contributed by atoms with Crippen molar-refractivity contribution in [3.05, 3.63) is 60.4 Å². The number of ether oxygens (including phenoxy) is 1. The Morgan fingerprint density at radius 3 is 2.92 bits per heavy atom. The summed E-state index contributed by atoms with van der Waals surface area (Å²) in [7, 11) is 0. The second kappa shape index (κ2) is 7.41. The van der Waals surface area contributed by atoms with Crippen molar-refractivity contribution in [2.45, 2.75) is 13.5 Å². The highest BCUT2D eigenvalue weighted by molar-refractivity contribution is 5.85. The van der Waals surface area contributed by atoms with Crippen LogP contribution in [0.2, 0.25) is 0 Å². The summed E-state index contributed by atoms with van der Waals surface area (Å²) in [5.41, 5.74) is 5.12. The Morgan fingerprint density at radius 1 is 1.25 bits per heavy atom. The molecule has 3 aromatic rings. The molecule has 6 heteroatoms. The molecule has 122 valence electrons. The van der Waals surface area contributed by atoms with Crippen molar-refractivity contribution in [3.63, 3.8) is 0 Å². The number of hydrogen-bond donors (Lipinski definition) is 1. The van der Waals surface area contributed by atoms with Gasteiger partial charge in [-0.15, -0.1) is 0 Å². The first kappa shape index (κ1) is 15.7. The summed E-state index contributed by atoms with van der Waals surface area (Å²) in [5.74, 6) is 0.516. The van der Waals surface area contributed by atoms with Crippen molar-refractivity contribution in [1.82, 2.24) is 15.0 Å². The number of carbonyl (C=O) groups excluding carboxylic acids is 1. The predicted octanol–water partition coefficient (Wildman–Crippen LogP) is 2.59. The van der Waals surface area contributed by atoms with Crippen LogP contribution in [0.5, 0.6) is 5.75 Å². The lowest BCUT2D eigenvalue weighted by molar-refractivity contribution is -0.121. The Labute approximate surface area is 139 Å². The number of imidazole rings is 1. The van der Waals surface area contributed by atoms with Crippen LogP contribution < -0.4 is 10.2 Å². The fourth-order valence-electron chi connectivity index (χ4n) is 2.37. The lowest BCUT2D eigenvalue weighted by atomic mass is 10.2. The number of rotatable bonds is 6. The summed E-state index contributed by atoms with van der Waals surface area (Å²) >= 11 is 0. The highest BCUT2D eigenvalue weighted by Crippen LogP contribution is 2.15. The highest BCUT2D eigenvalue weighted by atomic mass is 16.5. The van der Waals surface area contributed by atoms with Gasteiger partial charge >= 0.3 is 0 Å². The molecule has 0 fully saturated rings. The summed E-state index contributed by atoms with van der Waals surface area (Å²) in [6.07, 6.45) is 3.23. The van der Waals surface area contributed by atoms with Crippen LogP contribution in [0.1, 0.15) is 12.5 Å². The first-order chi connectivity index (χ1) is 11.8. The van der Waals surface area contributed by atoms with Gasteiger partial charge in [-0.1, -0.05) is 24.3 Å². The summed E-state index contributed by atoms with van der Waals surface area (Å²) in [4.78, 5) is 16.3. The number of carbonyl (C=O) groups is 1. The summed E-state index contributed by atoms with van der Waals surface area (Å²) in [5, 5.41) is 4.01. The van der Waals surface area contributed by atoms with E-state index in [1.807, 2.05) is 55.5 Å². The number of hydrazone groups is 1. The number of nitrogens with one attached hydrogen (secondary N) is 1. The Hall–Kier alpha value is -3.15. The minimum absolute atomic E-state index is 0.158. The first-order valence-electron chi connectivity index (χ1n) is 7.71. The van der Waals surface area contributed by atoms with Crippen molar-refractivity contribution in [2.24, 2.45) is 5.10 Å². The topological polar surface area (TPSA) is 68.5 Å². The zero-order valence-corrected chi connectivity index (χ0v) is 13.3. The van der Waals surface area contributed by atoms with Crippen molar-refractivity contribution < 1.29 is 9.53 Å². The second-order valence-corrected chi connectivity index (χ2v) is 5.13. The van der Waals surface area contributed by atoms with Gasteiger partial charge in [0.2, 0.25) is 0 Å². The molecule has 0 radical (unpaired) electrons. The van der Waals surface area contributed by atoms with Gasteiger partial charge in [0, 0.05) is 5.56 Å². The number of aromatic nitrogens is 2. The Balaban J connectivity index is 1.63. The van der Waals surface area contributed by atoms with E-state index in [0.29, 0.717) is 6.61 Å². The molecule has 0 aliphatic heterocycles. The predicted molar refractivity (Wildman–Crippen MR) is 93.1 cm³/mol. The molecule has 1 aromatic heterocycles. The van der Waals surface area contributed by atoms with E-state index in [1.165, 1.54) is 0 Å². The monoisotopic (exact) mass is 322 g/mol. The smallest absolute Gasteiger partial charge is 0.260 e. The minimum Gasteiger partial charge on any atom is -0.493 e. The molecule has 0 aliphatic rings. The third kappa shape index (κ3) is 3.60. The van der Waals surface area contributed by atoms with Crippen LogP contribution in [0.3, 0.4) is 0 Å². The average molecular weight is 322 g/mol. The fourth-order valence-corrected chi connectivity index (χ4v) is 2.37. The normalized spacial score (nSPS) is 11.0. The van der Waals surface area contributed by atoms with Crippen molar-refractivity contribution in [1.29, 1.82) is 0 Å². The fraction of sp³-hybridized carbons (Fsp3) is 0.167. The molecule has 3 rings (SSSR count). The molecule has 0 aliphatic carbocycles. The number of amides is 1. The lowest BCUT2D eigenvalue weighted by Crippen LogP contribution is -2.22. The molecule has 6 nitrogen and oxygen atoms in total. The maximum absolute atomic E-state index is 12.1. The molecule has 1 heterocycles. The van der Waals surface area contributed by atoms with Gasteiger partial charge in [-0.05, 0) is 31.2 Å². The molecule has 0 unspecified atom stereocenters. The van der Waals surface area contributed by atoms with Crippen LogP contribution in [-0.2, 0) is 11.3 Å². The molecular weight excluding hydrogens is 304 g/mol. The highest BCUT2D eigenvalue weighted by Gasteiger charge is 2.06. The largest absolute Gasteiger partial charge is 0.493 e. The van der Waals surface area contributed by atoms with Crippen molar-refractivity contribution >= 4 is 23.2 Å². The Kier molecular flexibility index (Phi) is 4.86. The second-order valence-electron chi connectivity index (χ2n) is 5.13. The van der Waals surface area contributed by atoms with Crippen molar-refractivity contribution in [2.75, 3.05) is 6.61 Å². The van der Waals surface area contributed by atoms with E-state index in [-0.39, 0.29) is 12.5 Å². The zero-order chi connectivity index (χ0) is 16.8. The van der Waals surface area contributed by atoms with Crippen LogP contribution in [-0.4, -0.2) is 28.3 Å². The van der Waals surface area contributed by atoms with Gasteiger partial charge in [0.25, 0.3) is 5.91 Å². The van der Waals surface area contributed by atoms with Crippen LogP contribution in [0.4, 0.5) is 0 Å². The summed E-state index contributed by atoms with van der Waals surface area (Å²) in [6, 6.07) is 15.2. The SMILES string of the molecule is CCOc1ccccc1/C=N/NC(=O)Cn1cnc2ccccc21. The van der Waals surface area contributed by atoms with Gasteiger partial charge in [0.05, 0.1) is 30.2 Å². The van der Waals surface area contributed by atoms with Crippen LogP contribution in [0, 0.1) is 0 Å². The minimum atomic E-state index is -0.219. The van der Waals surface area contributed by atoms with E-state index in [9.17, 15) is 4.79 Å².